The molecule has 1 saturated heterocycles. The highest BCUT2D eigenvalue weighted by Crippen LogP contribution is 2.22. The predicted molar refractivity (Wildman–Crippen MR) is 90.8 cm³/mol. The summed E-state index contributed by atoms with van der Waals surface area (Å²) >= 11 is 0. The number of carbonyl (C=O) groups excluding carboxylic acids is 2. The fraction of sp³-hybridized carbons (Fsp3) is 0.368. The van der Waals surface area contributed by atoms with Crippen molar-refractivity contribution >= 4 is 22.6 Å². The van der Waals surface area contributed by atoms with Crippen LogP contribution in [0.2, 0.25) is 0 Å². The number of fused-ring (bicyclic) bond motifs is 1. The standard InChI is InChI=1S/C19H21NO4/c1-23-19(22)17-8-4-5-11-20(17)18(21)13-24-16-10-9-14-6-2-3-7-15(14)12-16/h2-3,6-7,9-10,12,17H,4-5,8,11,13H2,1H3. The Kier molecular flexibility index (Phi) is 4.99. The molecular weight excluding hydrogens is 306 g/mol. The molecule has 1 heterocycles. The van der Waals surface area contributed by atoms with E-state index in [-0.39, 0.29) is 18.5 Å². The van der Waals surface area contributed by atoms with Gasteiger partial charge in [-0.15, -0.1) is 0 Å². The Morgan fingerprint density at radius 2 is 1.92 bits per heavy atom. The van der Waals surface area contributed by atoms with E-state index in [9.17, 15) is 9.59 Å². The monoisotopic (exact) mass is 327 g/mol. The average molecular weight is 327 g/mol. The summed E-state index contributed by atoms with van der Waals surface area (Å²) in [6.07, 6.45) is 2.47. The number of ether oxygens (including phenoxy) is 2. The van der Waals surface area contributed by atoms with Crippen molar-refractivity contribution in [1.82, 2.24) is 4.90 Å². The van der Waals surface area contributed by atoms with Crippen molar-refractivity contribution in [2.24, 2.45) is 0 Å². The minimum Gasteiger partial charge on any atom is -0.484 e. The number of hydrogen-bond acceptors (Lipinski definition) is 4. The molecule has 1 atom stereocenters. The number of rotatable bonds is 4. The molecule has 0 saturated carbocycles. The van der Waals surface area contributed by atoms with E-state index in [4.69, 9.17) is 9.47 Å². The smallest absolute Gasteiger partial charge is 0.328 e. The summed E-state index contributed by atoms with van der Waals surface area (Å²) in [5, 5.41) is 2.19. The Balaban J connectivity index is 1.65. The van der Waals surface area contributed by atoms with Crippen LogP contribution in [-0.4, -0.2) is 43.1 Å². The summed E-state index contributed by atoms with van der Waals surface area (Å²) < 4.78 is 10.5. The number of benzene rings is 2. The summed E-state index contributed by atoms with van der Waals surface area (Å²) in [6.45, 7) is 0.492. The minimum absolute atomic E-state index is 0.0775. The Hall–Kier alpha value is -2.56. The second-order valence-electron chi connectivity index (χ2n) is 5.92. The SMILES string of the molecule is COC(=O)C1CCCCN1C(=O)COc1ccc2ccccc2c1. The van der Waals surface area contributed by atoms with Crippen LogP contribution in [0, 0.1) is 0 Å². The minimum atomic E-state index is -0.489. The van der Waals surface area contributed by atoms with Crippen LogP contribution in [0.25, 0.3) is 10.8 Å². The Morgan fingerprint density at radius 1 is 1.12 bits per heavy atom. The molecule has 0 aliphatic carbocycles. The van der Waals surface area contributed by atoms with Crippen molar-refractivity contribution < 1.29 is 19.1 Å². The summed E-state index contributed by atoms with van der Waals surface area (Å²) in [6, 6.07) is 13.2. The van der Waals surface area contributed by atoms with Gasteiger partial charge in [-0.25, -0.2) is 4.79 Å². The second kappa shape index (κ2) is 7.34. The third-order valence-electron chi connectivity index (χ3n) is 4.38. The highest BCUT2D eigenvalue weighted by molar-refractivity contribution is 5.86. The lowest BCUT2D eigenvalue weighted by Crippen LogP contribution is -2.50. The molecule has 2 aromatic rings. The zero-order chi connectivity index (χ0) is 16.9. The van der Waals surface area contributed by atoms with Gasteiger partial charge < -0.3 is 14.4 Å². The number of hydrogen-bond donors (Lipinski definition) is 0. The van der Waals surface area contributed by atoms with Crippen molar-refractivity contribution in [3.63, 3.8) is 0 Å². The number of piperidine rings is 1. The van der Waals surface area contributed by atoms with Gasteiger partial charge in [0.25, 0.3) is 5.91 Å². The quantitative estimate of drug-likeness (QED) is 0.810. The van der Waals surface area contributed by atoms with Gasteiger partial charge in [0, 0.05) is 6.54 Å². The van der Waals surface area contributed by atoms with Crippen LogP contribution in [0.15, 0.2) is 42.5 Å². The molecule has 5 heteroatoms. The molecule has 0 aromatic heterocycles. The van der Waals surface area contributed by atoms with E-state index >= 15 is 0 Å². The lowest BCUT2D eigenvalue weighted by atomic mass is 10.0. The fourth-order valence-electron chi connectivity index (χ4n) is 3.10. The molecule has 3 rings (SSSR count). The summed E-state index contributed by atoms with van der Waals surface area (Å²) in [7, 11) is 1.35. The van der Waals surface area contributed by atoms with Crippen molar-refractivity contribution in [3.05, 3.63) is 42.5 Å². The van der Waals surface area contributed by atoms with Gasteiger partial charge in [0.05, 0.1) is 7.11 Å². The van der Waals surface area contributed by atoms with E-state index in [0.29, 0.717) is 18.7 Å². The summed E-state index contributed by atoms with van der Waals surface area (Å²) in [5.41, 5.74) is 0. The zero-order valence-electron chi connectivity index (χ0n) is 13.7. The van der Waals surface area contributed by atoms with Crippen molar-refractivity contribution in [2.75, 3.05) is 20.3 Å². The van der Waals surface area contributed by atoms with Crippen LogP contribution < -0.4 is 4.74 Å². The largest absolute Gasteiger partial charge is 0.484 e. The molecular formula is C19H21NO4. The fourth-order valence-corrected chi connectivity index (χ4v) is 3.10. The first-order valence-corrected chi connectivity index (χ1v) is 8.18. The number of esters is 1. The van der Waals surface area contributed by atoms with Crippen LogP contribution in [-0.2, 0) is 14.3 Å². The Labute approximate surface area is 141 Å². The predicted octanol–water partition coefficient (Wildman–Crippen LogP) is 2.77. The van der Waals surface area contributed by atoms with Gasteiger partial charge in [-0.1, -0.05) is 30.3 Å². The second-order valence-corrected chi connectivity index (χ2v) is 5.92. The molecule has 1 aliphatic rings. The molecule has 0 bridgehead atoms. The van der Waals surface area contributed by atoms with Crippen LogP contribution in [0.3, 0.4) is 0 Å². The highest BCUT2D eigenvalue weighted by Gasteiger charge is 2.32. The normalized spacial score (nSPS) is 17.5. The first-order valence-electron chi connectivity index (χ1n) is 8.18. The lowest BCUT2D eigenvalue weighted by molar-refractivity contribution is -0.155. The van der Waals surface area contributed by atoms with Gasteiger partial charge in [0.2, 0.25) is 0 Å². The molecule has 0 radical (unpaired) electrons. The number of nitrogens with zero attached hydrogens (tertiary/aromatic N) is 1. The number of likely N-dealkylation sites (tertiary alicyclic amines) is 1. The molecule has 5 nitrogen and oxygen atoms in total. The number of amides is 1. The van der Waals surface area contributed by atoms with E-state index in [0.717, 1.165) is 23.6 Å². The highest BCUT2D eigenvalue weighted by atomic mass is 16.5. The molecule has 1 fully saturated rings. The summed E-state index contributed by atoms with van der Waals surface area (Å²) in [4.78, 5) is 25.9. The summed E-state index contributed by atoms with van der Waals surface area (Å²) in [5.74, 6) is 0.112. The van der Waals surface area contributed by atoms with Gasteiger partial charge in [0.15, 0.2) is 6.61 Å². The third kappa shape index (κ3) is 3.50. The molecule has 2 aromatic carbocycles. The Morgan fingerprint density at radius 3 is 2.71 bits per heavy atom. The first kappa shape index (κ1) is 16.3. The van der Waals surface area contributed by atoms with E-state index in [2.05, 4.69) is 0 Å². The van der Waals surface area contributed by atoms with E-state index in [1.807, 2.05) is 42.5 Å². The molecule has 1 unspecified atom stereocenters. The van der Waals surface area contributed by atoms with Crippen LogP contribution in [0.1, 0.15) is 19.3 Å². The molecule has 0 spiro atoms. The van der Waals surface area contributed by atoms with Crippen molar-refractivity contribution in [1.29, 1.82) is 0 Å². The van der Waals surface area contributed by atoms with Gasteiger partial charge in [-0.2, -0.15) is 0 Å². The lowest BCUT2D eigenvalue weighted by Gasteiger charge is -2.33. The van der Waals surface area contributed by atoms with Crippen molar-refractivity contribution in [3.8, 4) is 5.75 Å². The molecule has 0 N–H and O–H groups in total. The van der Waals surface area contributed by atoms with Crippen LogP contribution >= 0.6 is 0 Å². The molecule has 24 heavy (non-hydrogen) atoms. The number of methoxy groups -OCH3 is 1. The topological polar surface area (TPSA) is 55.8 Å². The Bertz CT molecular complexity index is 743. The molecule has 1 amide bonds. The van der Waals surface area contributed by atoms with E-state index in [1.54, 1.807) is 4.90 Å². The van der Waals surface area contributed by atoms with Crippen molar-refractivity contribution in [2.45, 2.75) is 25.3 Å². The average Bonchev–Trinajstić information content (AvgIpc) is 2.65. The zero-order valence-corrected chi connectivity index (χ0v) is 13.7. The van der Waals surface area contributed by atoms with Gasteiger partial charge >= 0.3 is 5.97 Å². The third-order valence-corrected chi connectivity index (χ3v) is 4.38. The maximum atomic E-state index is 12.5. The number of carbonyl (C=O) groups is 2. The van der Waals surface area contributed by atoms with Crippen LogP contribution in [0.5, 0.6) is 5.75 Å². The van der Waals surface area contributed by atoms with Gasteiger partial charge in [-0.3, -0.25) is 4.79 Å². The van der Waals surface area contributed by atoms with E-state index < -0.39 is 6.04 Å². The maximum Gasteiger partial charge on any atom is 0.328 e. The van der Waals surface area contributed by atoms with Gasteiger partial charge in [-0.05, 0) is 42.2 Å². The molecule has 1 aliphatic heterocycles. The maximum absolute atomic E-state index is 12.5. The first-order chi connectivity index (χ1) is 11.7. The molecule has 126 valence electrons. The van der Waals surface area contributed by atoms with E-state index in [1.165, 1.54) is 7.11 Å². The van der Waals surface area contributed by atoms with Crippen LogP contribution in [0.4, 0.5) is 0 Å². The van der Waals surface area contributed by atoms with Gasteiger partial charge in [0.1, 0.15) is 11.8 Å².